The molecule has 1 unspecified atom stereocenters. The molecule has 3 heteroatoms. The van der Waals surface area contributed by atoms with Gasteiger partial charge in [-0.1, -0.05) is 0 Å². The summed E-state index contributed by atoms with van der Waals surface area (Å²) in [5.41, 5.74) is 6.28. The minimum Gasteiger partial charge on any atom is -0.330 e. The molecule has 0 bridgehead atoms. The SMILES string of the molecule is NCC(CF)c1ccncc1. The van der Waals surface area contributed by atoms with E-state index in [1.165, 1.54) is 0 Å². The van der Waals surface area contributed by atoms with Crippen molar-refractivity contribution >= 4 is 0 Å². The summed E-state index contributed by atoms with van der Waals surface area (Å²) in [5, 5.41) is 0. The van der Waals surface area contributed by atoms with Gasteiger partial charge in [0.05, 0.1) is 6.67 Å². The number of rotatable bonds is 3. The van der Waals surface area contributed by atoms with Crippen molar-refractivity contribution in [2.45, 2.75) is 5.92 Å². The van der Waals surface area contributed by atoms with Crippen LogP contribution in [0.15, 0.2) is 24.5 Å². The Labute approximate surface area is 65.3 Å². The van der Waals surface area contributed by atoms with Gasteiger partial charge in [0.2, 0.25) is 0 Å². The summed E-state index contributed by atoms with van der Waals surface area (Å²) in [4.78, 5) is 3.83. The predicted octanol–water partition coefficient (Wildman–Crippen LogP) is 1.09. The summed E-state index contributed by atoms with van der Waals surface area (Å²) < 4.78 is 12.2. The lowest BCUT2D eigenvalue weighted by Crippen LogP contribution is -2.13. The first-order chi connectivity index (χ1) is 5.38. The van der Waals surface area contributed by atoms with E-state index in [-0.39, 0.29) is 5.92 Å². The molecule has 1 rings (SSSR count). The lowest BCUT2D eigenvalue weighted by Gasteiger charge is -2.08. The molecule has 0 aliphatic rings. The molecule has 11 heavy (non-hydrogen) atoms. The van der Waals surface area contributed by atoms with E-state index < -0.39 is 6.67 Å². The van der Waals surface area contributed by atoms with E-state index in [0.717, 1.165) is 5.56 Å². The van der Waals surface area contributed by atoms with E-state index in [4.69, 9.17) is 5.73 Å². The first-order valence-corrected chi connectivity index (χ1v) is 3.54. The van der Waals surface area contributed by atoms with Crippen LogP contribution in [0.2, 0.25) is 0 Å². The third-order valence-corrected chi connectivity index (χ3v) is 1.65. The molecule has 0 radical (unpaired) electrons. The Bertz CT molecular complexity index is 197. The number of alkyl halides is 1. The normalized spacial score (nSPS) is 12.9. The Balaban J connectivity index is 2.74. The molecule has 2 N–H and O–H groups in total. The van der Waals surface area contributed by atoms with Gasteiger partial charge in [-0.05, 0) is 17.7 Å². The molecule has 0 saturated carbocycles. The molecule has 0 spiro atoms. The van der Waals surface area contributed by atoms with Crippen LogP contribution < -0.4 is 5.73 Å². The van der Waals surface area contributed by atoms with Crippen molar-refractivity contribution in [2.24, 2.45) is 5.73 Å². The van der Waals surface area contributed by atoms with Crippen LogP contribution in [-0.2, 0) is 0 Å². The molecule has 1 aromatic rings. The van der Waals surface area contributed by atoms with Gasteiger partial charge < -0.3 is 5.73 Å². The van der Waals surface area contributed by atoms with Gasteiger partial charge in [0.1, 0.15) is 0 Å². The zero-order valence-electron chi connectivity index (χ0n) is 6.20. The predicted molar refractivity (Wildman–Crippen MR) is 42.0 cm³/mol. The van der Waals surface area contributed by atoms with Crippen LogP contribution in [0.4, 0.5) is 4.39 Å². The van der Waals surface area contributed by atoms with Crippen LogP contribution in [0, 0.1) is 0 Å². The Kier molecular flexibility index (Phi) is 2.98. The van der Waals surface area contributed by atoms with Crippen LogP contribution >= 0.6 is 0 Å². The molecule has 0 aromatic carbocycles. The summed E-state index contributed by atoms with van der Waals surface area (Å²) in [6.07, 6.45) is 3.29. The zero-order chi connectivity index (χ0) is 8.10. The number of pyridine rings is 1. The van der Waals surface area contributed by atoms with Crippen molar-refractivity contribution in [3.8, 4) is 0 Å². The largest absolute Gasteiger partial charge is 0.330 e. The lowest BCUT2D eigenvalue weighted by molar-refractivity contribution is 0.434. The summed E-state index contributed by atoms with van der Waals surface area (Å²) in [5.74, 6) is -0.169. The highest BCUT2D eigenvalue weighted by atomic mass is 19.1. The van der Waals surface area contributed by atoms with Crippen molar-refractivity contribution in [3.63, 3.8) is 0 Å². The second-order valence-electron chi connectivity index (χ2n) is 2.37. The third-order valence-electron chi connectivity index (χ3n) is 1.65. The van der Waals surface area contributed by atoms with Crippen LogP contribution in [0.1, 0.15) is 11.5 Å². The lowest BCUT2D eigenvalue weighted by atomic mass is 10.0. The Hall–Kier alpha value is -0.960. The molecule has 2 nitrogen and oxygen atoms in total. The van der Waals surface area contributed by atoms with Crippen molar-refractivity contribution < 1.29 is 4.39 Å². The van der Waals surface area contributed by atoms with Crippen LogP contribution in [0.25, 0.3) is 0 Å². The highest BCUT2D eigenvalue weighted by Gasteiger charge is 2.07. The fourth-order valence-corrected chi connectivity index (χ4v) is 0.924. The zero-order valence-corrected chi connectivity index (χ0v) is 6.20. The van der Waals surface area contributed by atoms with Crippen molar-refractivity contribution in [1.29, 1.82) is 0 Å². The molecular weight excluding hydrogens is 143 g/mol. The Morgan fingerprint density at radius 2 is 2.09 bits per heavy atom. The van der Waals surface area contributed by atoms with Gasteiger partial charge in [0.25, 0.3) is 0 Å². The van der Waals surface area contributed by atoms with Crippen LogP contribution in [0.3, 0.4) is 0 Å². The summed E-state index contributed by atoms with van der Waals surface area (Å²) in [7, 11) is 0. The number of nitrogens with zero attached hydrogens (tertiary/aromatic N) is 1. The van der Waals surface area contributed by atoms with Gasteiger partial charge >= 0.3 is 0 Å². The molecule has 0 aliphatic carbocycles. The summed E-state index contributed by atoms with van der Waals surface area (Å²) in [6.45, 7) is -0.0545. The molecule has 1 heterocycles. The van der Waals surface area contributed by atoms with Gasteiger partial charge in [-0.2, -0.15) is 0 Å². The van der Waals surface area contributed by atoms with Gasteiger partial charge in [0, 0.05) is 24.9 Å². The molecule has 60 valence electrons. The van der Waals surface area contributed by atoms with E-state index in [2.05, 4.69) is 4.98 Å². The summed E-state index contributed by atoms with van der Waals surface area (Å²) in [6, 6.07) is 3.58. The Morgan fingerprint density at radius 3 is 2.55 bits per heavy atom. The van der Waals surface area contributed by atoms with Crippen molar-refractivity contribution in [3.05, 3.63) is 30.1 Å². The van der Waals surface area contributed by atoms with E-state index in [1.54, 1.807) is 24.5 Å². The average Bonchev–Trinajstić information content (AvgIpc) is 2.09. The third kappa shape index (κ3) is 1.98. The molecule has 1 aromatic heterocycles. The maximum atomic E-state index is 12.2. The summed E-state index contributed by atoms with van der Waals surface area (Å²) >= 11 is 0. The van der Waals surface area contributed by atoms with E-state index in [0.29, 0.717) is 6.54 Å². The molecular formula is C8H11FN2. The highest BCUT2D eigenvalue weighted by Crippen LogP contribution is 2.12. The fraction of sp³-hybridized carbons (Fsp3) is 0.375. The number of hydrogen-bond acceptors (Lipinski definition) is 2. The van der Waals surface area contributed by atoms with Gasteiger partial charge in [-0.25, -0.2) is 0 Å². The van der Waals surface area contributed by atoms with Crippen LogP contribution in [-0.4, -0.2) is 18.2 Å². The fourth-order valence-electron chi connectivity index (χ4n) is 0.924. The van der Waals surface area contributed by atoms with Gasteiger partial charge in [0.15, 0.2) is 0 Å². The monoisotopic (exact) mass is 154 g/mol. The maximum absolute atomic E-state index is 12.2. The topological polar surface area (TPSA) is 38.9 Å². The van der Waals surface area contributed by atoms with E-state index >= 15 is 0 Å². The Morgan fingerprint density at radius 1 is 1.45 bits per heavy atom. The first kappa shape index (κ1) is 8.14. The standard InChI is InChI=1S/C8H11FN2/c9-5-8(6-10)7-1-3-11-4-2-7/h1-4,8H,5-6,10H2. The maximum Gasteiger partial charge on any atom is 0.0975 e. The van der Waals surface area contributed by atoms with E-state index in [9.17, 15) is 4.39 Å². The van der Waals surface area contributed by atoms with Crippen LogP contribution in [0.5, 0.6) is 0 Å². The average molecular weight is 154 g/mol. The number of aromatic nitrogens is 1. The second kappa shape index (κ2) is 4.03. The molecule has 1 atom stereocenters. The molecule has 0 saturated heterocycles. The first-order valence-electron chi connectivity index (χ1n) is 3.54. The molecule has 0 aliphatic heterocycles. The highest BCUT2D eigenvalue weighted by molar-refractivity contribution is 5.15. The van der Waals surface area contributed by atoms with Gasteiger partial charge in [-0.3, -0.25) is 9.37 Å². The van der Waals surface area contributed by atoms with E-state index in [1.807, 2.05) is 0 Å². The minimum absolute atomic E-state index is 0.169. The number of hydrogen-bond donors (Lipinski definition) is 1. The van der Waals surface area contributed by atoms with Gasteiger partial charge in [-0.15, -0.1) is 0 Å². The number of nitrogens with two attached hydrogens (primary N) is 1. The van der Waals surface area contributed by atoms with Crippen molar-refractivity contribution in [1.82, 2.24) is 4.98 Å². The smallest absolute Gasteiger partial charge is 0.0975 e. The second-order valence-corrected chi connectivity index (χ2v) is 2.37. The number of halogens is 1. The van der Waals surface area contributed by atoms with Crippen molar-refractivity contribution in [2.75, 3.05) is 13.2 Å². The molecule has 0 amide bonds. The quantitative estimate of drug-likeness (QED) is 0.707. The molecule has 0 fully saturated rings. The minimum atomic E-state index is -0.402.